The van der Waals surface area contributed by atoms with Crippen LogP contribution in [-0.2, 0) is 0 Å². The van der Waals surface area contributed by atoms with Gasteiger partial charge in [0, 0.05) is 29.2 Å². The summed E-state index contributed by atoms with van der Waals surface area (Å²) in [6, 6.07) is 4.24. The summed E-state index contributed by atoms with van der Waals surface area (Å²) in [5, 5.41) is 6.49. The number of nitrogens with zero attached hydrogens (tertiary/aromatic N) is 2. The van der Waals surface area contributed by atoms with Crippen LogP contribution in [0, 0.1) is 6.92 Å². The van der Waals surface area contributed by atoms with E-state index in [-0.39, 0.29) is 6.04 Å². The lowest BCUT2D eigenvalue weighted by atomic mass is 10.3. The topological polar surface area (TPSA) is 37.8 Å². The minimum Gasteiger partial charge on any atom is -0.376 e. The van der Waals surface area contributed by atoms with Crippen molar-refractivity contribution in [3.8, 4) is 0 Å². The SMILES string of the molecule is Cc1cc(NC(C)c2nccs2)ccn1. The molecule has 0 spiro atoms. The molecule has 4 heteroatoms. The number of aryl methyl sites for hydroxylation is 1. The number of rotatable bonds is 3. The summed E-state index contributed by atoms with van der Waals surface area (Å²) in [4.78, 5) is 8.43. The molecular weight excluding hydrogens is 206 g/mol. The lowest BCUT2D eigenvalue weighted by Crippen LogP contribution is -2.06. The minimum absolute atomic E-state index is 0.242. The fraction of sp³-hybridized carbons (Fsp3) is 0.273. The van der Waals surface area contributed by atoms with Gasteiger partial charge in [-0.1, -0.05) is 0 Å². The standard InChI is InChI=1S/C11H13N3S/c1-8-7-10(3-4-12-8)14-9(2)11-13-5-6-15-11/h3-7,9H,1-2H3,(H,12,14). The Morgan fingerprint density at radius 3 is 2.87 bits per heavy atom. The molecule has 2 heterocycles. The van der Waals surface area contributed by atoms with Crippen molar-refractivity contribution in [1.29, 1.82) is 0 Å². The maximum Gasteiger partial charge on any atom is 0.115 e. The Morgan fingerprint density at radius 2 is 2.20 bits per heavy atom. The molecule has 15 heavy (non-hydrogen) atoms. The molecule has 0 radical (unpaired) electrons. The summed E-state index contributed by atoms with van der Waals surface area (Å²) >= 11 is 1.67. The van der Waals surface area contributed by atoms with Gasteiger partial charge in [0.05, 0.1) is 6.04 Å². The number of pyridine rings is 1. The highest BCUT2D eigenvalue weighted by Crippen LogP contribution is 2.20. The highest BCUT2D eigenvalue weighted by Gasteiger charge is 2.07. The van der Waals surface area contributed by atoms with Crippen molar-refractivity contribution in [1.82, 2.24) is 9.97 Å². The van der Waals surface area contributed by atoms with Gasteiger partial charge in [0.1, 0.15) is 5.01 Å². The second kappa shape index (κ2) is 4.40. The van der Waals surface area contributed by atoms with E-state index in [1.165, 1.54) is 0 Å². The highest BCUT2D eigenvalue weighted by atomic mass is 32.1. The Balaban J connectivity index is 2.09. The molecule has 2 aromatic rings. The minimum atomic E-state index is 0.242. The van der Waals surface area contributed by atoms with Crippen molar-refractivity contribution >= 4 is 17.0 Å². The van der Waals surface area contributed by atoms with Gasteiger partial charge in [0.25, 0.3) is 0 Å². The lowest BCUT2D eigenvalue weighted by molar-refractivity contribution is 0.868. The molecule has 0 bridgehead atoms. The van der Waals surface area contributed by atoms with E-state index in [0.29, 0.717) is 0 Å². The van der Waals surface area contributed by atoms with Crippen molar-refractivity contribution in [2.24, 2.45) is 0 Å². The molecule has 0 aliphatic rings. The Labute approximate surface area is 93.2 Å². The number of thiazole rings is 1. The van der Waals surface area contributed by atoms with E-state index in [1.54, 1.807) is 11.3 Å². The third-order valence-electron chi connectivity index (χ3n) is 2.10. The molecule has 3 nitrogen and oxygen atoms in total. The molecule has 0 fully saturated rings. The summed E-state index contributed by atoms with van der Waals surface area (Å²) in [6.07, 6.45) is 3.64. The van der Waals surface area contributed by atoms with E-state index >= 15 is 0 Å². The number of aromatic nitrogens is 2. The van der Waals surface area contributed by atoms with E-state index in [9.17, 15) is 0 Å². The van der Waals surface area contributed by atoms with Gasteiger partial charge in [-0.25, -0.2) is 4.98 Å². The van der Waals surface area contributed by atoms with Gasteiger partial charge >= 0.3 is 0 Å². The molecule has 1 atom stereocenters. The van der Waals surface area contributed by atoms with Crippen molar-refractivity contribution in [2.75, 3.05) is 5.32 Å². The summed E-state index contributed by atoms with van der Waals surface area (Å²) < 4.78 is 0. The zero-order chi connectivity index (χ0) is 10.7. The second-order valence-electron chi connectivity index (χ2n) is 3.42. The van der Waals surface area contributed by atoms with Gasteiger partial charge in [-0.15, -0.1) is 11.3 Å². The molecule has 0 amide bonds. The molecule has 0 aromatic carbocycles. The van der Waals surface area contributed by atoms with Crippen LogP contribution in [0.15, 0.2) is 29.9 Å². The average Bonchev–Trinajstić information content (AvgIpc) is 2.70. The third-order valence-corrected chi connectivity index (χ3v) is 3.06. The van der Waals surface area contributed by atoms with Gasteiger partial charge in [-0.05, 0) is 26.0 Å². The summed E-state index contributed by atoms with van der Waals surface area (Å²) in [6.45, 7) is 4.09. The first-order valence-electron chi connectivity index (χ1n) is 4.84. The van der Waals surface area contributed by atoms with Gasteiger partial charge in [0.15, 0.2) is 0 Å². The van der Waals surface area contributed by atoms with Crippen LogP contribution < -0.4 is 5.32 Å². The van der Waals surface area contributed by atoms with Crippen LogP contribution in [0.2, 0.25) is 0 Å². The first-order chi connectivity index (χ1) is 7.25. The molecule has 2 aromatic heterocycles. The molecule has 0 saturated heterocycles. The normalized spacial score (nSPS) is 12.4. The largest absolute Gasteiger partial charge is 0.376 e. The van der Waals surface area contributed by atoms with E-state index in [2.05, 4.69) is 22.2 Å². The smallest absolute Gasteiger partial charge is 0.115 e. The van der Waals surface area contributed by atoms with Crippen LogP contribution in [0.25, 0.3) is 0 Å². The van der Waals surface area contributed by atoms with Gasteiger partial charge in [-0.2, -0.15) is 0 Å². The zero-order valence-electron chi connectivity index (χ0n) is 8.77. The maximum atomic E-state index is 4.28. The molecule has 0 saturated carbocycles. The molecule has 1 unspecified atom stereocenters. The van der Waals surface area contributed by atoms with Gasteiger partial charge < -0.3 is 5.32 Å². The predicted molar refractivity (Wildman–Crippen MR) is 63.1 cm³/mol. The molecule has 1 N–H and O–H groups in total. The van der Waals surface area contributed by atoms with Crippen LogP contribution in [0.5, 0.6) is 0 Å². The Morgan fingerprint density at radius 1 is 1.33 bits per heavy atom. The monoisotopic (exact) mass is 219 g/mol. The number of hydrogen-bond donors (Lipinski definition) is 1. The first-order valence-corrected chi connectivity index (χ1v) is 5.72. The van der Waals surface area contributed by atoms with Crippen molar-refractivity contribution in [3.05, 3.63) is 40.6 Å². The molecule has 0 aliphatic heterocycles. The fourth-order valence-electron chi connectivity index (χ4n) is 1.40. The van der Waals surface area contributed by atoms with Crippen LogP contribution in [0.4, 0.5) is 5.69 Å². The number of anilines is 1. The predicted octanol–water partition coefficient (Wildman–Crippen LogP) is 3.02. The summed E-state index contributed by atoms with van der Waals surface area (Å²) in [5.74, 6) is 0. The average molecular weight is 219 g/mol. The van der Waals surface area contributed by atoms with Crippen molar-refractivity contribution in [2.45, 2.75) is 19.9 Å². The van der Waals surface area contributed by atoms with E-state index in [4.69, 9.17) is 0 Å². The molecular formula is C11H13N3S. The fourth-order valence-corrected chi connectivity index (χ4v) is 2.04. The highest BCUT2D eigenvalue weighted by molar-refractivity contribution is 7.09. The zero-order valence-corrected chi connectivity index (χ0v) is 9.58. The van der Waals surface area contributed by atoms with Gasteiger partial charge in [0.2, 0.25) is 0 Å². The van der Waals surface area contributed by atoms with Crippen molar-refractivity contribution in [3.63, 3.8) is 0 Å². The van der Waals surface area contributed by atoms with Crippen LogP contribution in [-0.4, -0.2) is 9.97 Å². The lowest BCUT2D eigenvalue weighted by Gasteiger charge is -2.12. The van der Waals surface area contributed by atoms with E-state index in [0.717, 1.165) is 16.4 Å². The third kappa shape index (κ3) is 2.53. The molecule has 2 rings (SSSR count). The summed E-state index contributed by atoms with van der Waals surface area (Å²) in [5.41, 5.74) is 2.11. The number of hydrogen-bond acceptors (Lipinski definition) is 4. The van der Waals surface area contributed by atoms with E-state index in [1.807, 2.05) is 36.8 Å². The maximum absolute atomic E-state index is 4.28. The quantitative estimate of drug-likeness (QED) is 0.862. The Hall–Kier alpha value is -1.42. The van der Waals surface area contributed by atoms with Gasteiger partial charge in [-0.3, -0.25) is 4.98 Å². The molecule has 0 aliphatic carbocycles. The first kappa shape index (κ1) is 10.1. The second-order valence-corrected chi connectivity index (χ2v) is 4.35. The Bertz CT molecular complexity index is 425. The van der Waals surface area contributed by atoms with Crippen LogP contribution in [0.1, 0.15) is 23.7 Å². The Kier molecular flexibility index (Phi) is 2.97. The van der Waals surface area contributed by atoms with Crippen LogP contribution in [0.3, 0.4) is 0 Å². The van der Waals surface area contributed by atoms with E-state index < -0.39 is 0 Å². The summed E-state index contributed by atoms with van der Waals surface area (Å²) in [7, 11) is 0. The van der Waals surface area contributed by atoms with Crippen LogP contribution >= 0.6 is 11.3 Å². The molecule has 78 valence electrons. The number of nitrogens with one attached hydrogen (secondary N) is 1. The van der Waals surface area contributed by atoms with Crippen molar-refractivity contribution < 1.29 is 0 Å².